The molecule has 0 spiro atoms. The number of nitrogens with two attached hydrogens (primary N) is 1. The molecule has 0 aliphatic carbocycles. The van der Waals surface area contributed by atoms with Gasteiger partial charge in [0.15, 0.2) is 4.31 Å². The quantitative estimate of drug-likeness (QED) is 0.681. The van der Waals surface area contributed by atoms with E-state index >= 15 is 0 Å². The van der Waals surface area contributed by atoms with E-state index in [0.29, 0.717) is 6.54 Å². The summed E-state index contributed by atoms with van der Waals surface area (Å²) in [4.78, 5) is 19.2. The molecule has 1 aromatic rings. The minimum absolute atomic E-state index is 0.577. The molecule has 0 aromatic carbocycles. The van der Waals surface area contributed by atoms with E-state index in [1.54, 1.807) is 12.4 Å². The second-order valence-corrected chi connectivity index (χ2v) is 3.73. The Morgan fingerprint density at radius 2 is 2.00 bits per heavy atom. The molecule has 0 bridgehead atoms. The predicted molar refractivity (Wildman–Crippen MR) is 52.9 cm³/mol. The monoisotopic (exact) mass is 252 g/mol. The van der Waals surface area contributed by atoms with E-state index in [2.05, 4.69) is 9.29 Å². The Morgan fingerprint density at radius 3 is 2.20 bits per heavy atom. The zero-order valence-electron chi connectivity index (χ0n) is 7.55. The Balaban J connectivity index is 0.000000265. The Kier molecular flexibility index (Phi) is 8.04. The predicted octanol–water partition coefficient (Wildman–Crippen LogP) is 0.843. The lowest BCUT2D eigenvalue weighted by atomic mass is 10.3. The molecule has 15 heavy (non-hydrogen) atoms. The van der Waals surface area contributed by atoms with Crippen molar-refractivity contribution in [1.82, 2.24) is 4.98 Å². The van der Waals surface area contributed by atoms with Crippen LogP contribution in [0.15, 0.2) is 24.5 Å². The van der Waals surface area contributed by atoms with Gasteiger partial charge in [-0.2, -0.15) is 0 Å². The molecule has 0 aliphatic heterocycles. The summed E-state index contributed by atoms with van der Waals surface area (Å²) in [7, 11) is -5.85. The minimum atomic E-state index is -2.92. The van der Waals surface area contributed by atoms with Gasteiger partial charge in [-0.3, -0.25) is 4.98 Å². The highest BCUT2D eigenvalue weighted by Crippen LogP contribution is 2.30. The first-order valence-electron chi connectivity index (χ1n) is 3.65. The summed E-state index contributed by atoms with van der Waals surface area (Å²) in [6.07, 6.45) is 3.50. The van der Waals surface area contributed by atoms with Crippen LogP contribution >= 0.6 is 16.5 Å². The van der Waals surface area contributed by atoms with Gasteiger partial charge in [-0.25, -0.2) is 0 Å². The fourth-order valence-corrected chi connectivity index (χ4v) is 1.06. The largest absolute Gasteiger partial charge is 0.745 e. The first kappa shape index (κ1) is 14.2. The maximum absolute atomic E-state index is 9.39. The molecule has 1 rings (SSSR count). The summed E-state index contributed by atoms with van der Waals surface area (Å²) in [5, 5.41) is 0. The summed E-state index contributed by atoms with van der Waals surface area (Å²) in [5.74, 6) is 0. The van der Waals surface area contributed by atoms with E-state index in [9.17, 15) is 9.13 Å². The molecule has 0 radical (unpaired) electrons. The van der Waals surface area contributed by atoms with Crippen LogP contribution < -0.4 is 5.73 Å². The highest BCUT2D eigenvalue weighted by Gasteiger charge is 2.31. The van der Waals surface area contributed by atoms with Gasteiger partial charge in [-0.15, -0.1) is 9.79 Å². The molecule has 4 N–H and O–H groups in total. The third-order valence-corrected chi connectivity index (χ3v) is 2.22. The average Bonchev–Trinajstić information content (AvgIpc) is 2.18. The summed E-state index contributed by atoms with van der Waals surface area (Å²) in [6, 6.07) is 3.83. The molecule has 9 heteroatoms. The molecular formula is C6H10N2O5P2+2. The number of hydrogen-bond acceptors (Lipinski definition) is 5. The van der Waals surface area contributed by atoms with Gasteiger partial charge in [0.05, 0.1) is 0 Å². The maximum Gasteiger partial charge on any atom is 0.745 e. The molecular weight excluding hydrogens is 242 g/mol. The van der Waals surface area contributed by atoms with Crippen molar-refractivity contribution >= 4 is 16.5 Å². The number of aromatic nitrogens is 1. The van der Waals surface area contributed by atoms with Gasteiger partial charge in [0.2, 0.25) is 0 Å². The first-order valence-corrected chi connectivity index (χ1v) is 5.91. The first-order chi connectivity index (χ1) is 7.06. The van der Waals surface area contributed by atoms with E-state index in [1.807, 2.05) is 12.1 Å². The van der Waals surface area contributed by atoms with Crippen molar-refractivity contribution in [2.45, 2.75) is 6.54 Å². The zero-order valence-corrected chi connectivity index (χ0v) is 9.34. The van der Waals surface area contributed by atoms with E-state index in [0.717, 1.165) is 5.56 Å². The molecule has 2 unspecified atom stereocenters. The number of hydrogen-bond donors (Lipinski definition) is 3. The van der Waals surface area contributed by atoms with Crippen LogP contribution in [-0.2, 0) is 20.0 Å². The van der Waals surface area contributed by atoms with E-state index in [1.165, 1.54) is 0 Å². The lowest BCUT2D eigenvalue weighted by Crippen LogP contribution is -1.95. The molecule has 0 saturated heterocycles. The molecule has 1 heterocycles. The van der Waals surface area contributed by atoms with Crippen molar-refractivity contribution < 1.29 is 23.2 Å². The standard InChI is InChI=1S/C6H8N2.O5P2/c7-4-6-2-1-3-8-5-6;1-6(2)5-7(3)4/h1-3,5H,4,7H2;/p+2. The molecule has 1 aromatic heterocycles. The lowest BCUT2D eigenvalue weighted by molar-refractivity contribution is 0.371. The van der Waals surface area contributed by atoms with Gasteiger partial charge in [-0.05, 0) is 11.6 Å². The topological polar surface area (TPSA) is 123 Å². The zero-order chi connectivity index (χ0) is 11.7. The van der Waals surface area contributed by atoms with Crippen LogP contribution in [0.2, 0.25) is 0 Å². The van der Waals surface area contributed by atoms with Crippen molar-refractivity contribution in [3.8, 4) is 0 Å². The Morgan fingerprint density at radius 1 is 1.40 bits per heavy atom. The van der Waals surface area contributed by atoms with E-state index < -0.39 is 16.5 Å². The maximum atomic E-state index is 9.39. The SMILES string of the molecule is NCc1cccnc1.O=[P+](O)O[P+](=O)O. The van der Waals surface area contributed by atoms with Gasteiger partial charge >= 0.3 is 16.5 Å². The average molecular weight is 252 g/mol. The second kappa shape index (κ2) is 8.49. The van der Waals surface area contributed by atoms with Crippen molar-refractivity contribution in [3.05, 3.63) is 30.1 Å². The smallest absolute Gasteiger partial charge is 0.326 e. The second-order valence-electron chi connectivity index (χ2n) is 2.12. The van der Waals surface area contributed by atoms with Crippen molar-refractivity contribution in [2.75, 3.05) is 0 Å². The molecule has 2 atom stereocenters. The van der Waals surface area contributed by atoms with Crippen LogP contribution in [0.4, 0.5) is 0 Å². The molecule has 0 saturated carbocycles. The Hall–Kier alpha value is -0.810. The molecule has 82 valence electrons. The number of nitrogens with zero attached hydrogens (tertiary/aromatic N) is 1. The van der Waals surface area contributed by atoms with Gasteiger partial charge < -0.3 is 5.73 Å². The highest BCUT2D eigenvalue weighted by atomic mass is 31.2. The normalized spacial score (nSPS) is 11.1. The van der Waals surface area contributed by atoms with Crippen molar-refractivity contribution in [2.24, 2.45) is 5.73 Å². The molecule has 0 fully saturated rings. The van der Waals surface area contributed by atoms with Gasteiger partial charge in [-0.1, -0.05) is 6.07 Å². The number of pyridine rings is 1. The van der Waals surface area contributed by atoms with Crippen LogP contribution in [0.3, 0.4) is 0 Å². The lowest BCUT2D eigenvalue weighted by Gasteiger charge is -1.89. The van der Waals surface area contributed by atoms with Crippen LogP contribution in [0.5, 0.6) is 0 Å². The molecule has 0 amide bonds. The van der Waals surface area contributed by atoms with E-state index in [4.69, 9.17) is 15.5 Å². The van der Waals surface area contributed by atoms with Crippen LogP contribution in [0.25, 0.3) is 0 Å². The van der Waals surface area contributed by atoms with Crippen LogP contribution in [0.1, 0.15) is 5.56 Å². The summed E-state index contributed by atoms with van der Waals surface area (Å²) in [6.45, 7) is 0.577. The van der Waals surface area contributed by atoms with Crippen molar-refractivity contribution in [1.29, 1.82) is 0 Å². The van der Waals surface area contributed by atoms with Gasteiger partial charge in [0, 0.05) is 28.1 Å². The minimum Gasteiger partial charge on any atom is -0.326 e. The van der Waals surface area contributed by atoms with Crippen LogP contribution in [-0.4, -0.2) is 14.8 Å². The highest BCUT2D eigenvalue weighted by molar-refractivity contribution is 7.46. The van der Waals surface area contributed by atoms with Crippen LogP contribution in [0, 0.1) is 0 Å². The molecule has 0 aliphatic rings. The van der Waals surface area contributed by atoms with Crippen molar-refractivity contribution in [3.63, 3.8) is 0 Å². The van der Waals surface area contributed by atoms with E-state index in [-0.39, 0.29) is 0 Å². The Bertz CT molecular complexity index is 309. The third kappa shape index (κ3) is 9.49. The molecule has 7 nitrogen and oxygen atoms in total. The van der Waals surface area contributed by atoms with Gasteiger partial charge in [0.1, 0.15) is 0 Å². The summed E-state index contributed by atoms with van der Waals surface area (Å²) in [5.41, 5.74) is 6.39. The third-order valence-electron chi connectivity index (χ3n) is 1.10. The summed E-state index contributed by atoms with van der Waals surface area (Å²) >= 11 is 0. The number of rotatable bonds is 3. The fraction of sp³-hybridized carbons (Fsp3) is 0.167. The summed E-state index contributed by atoms with van der Waals surface area (Å²) < 4.78 is 22.2. The van der Waals surface area contributed by atoms with Gasteiger partial charge in [0.25, 0.3) is 0 Å². The Labute approximate surface area is 87.8 Å². The fourth-order valence-electron chi connectivity index (χ4n) is 0.579.